The van der Waals surface area contributed by atoms with Crippen LogP contribution in [0.5, 0.6) is 0 Å². The van der Waals surface area contributed by atoms with Crippen LogP contribution in [0.1, 0.15) is 52.8 Å². The van der Waals surface area contributed by atoms with E-state index < -0.39 is 17.9 Å². The summed E-state index contributed by atoms with van der Waals surface area (Å²) >= 11 is 6.75. The first-order valence-corrected chi connectivity index (χ1v) is 10.4. The number of benzene rings is 1. The normalized spacial score (nSPS) is 15.1. The predicted molar refractivity (Wildman–Crippen MR) is 113 cm³/mol. The molecule has 10 heteroatoms. The number of nitrogens with one attached hydrogen (secondary N) is 1. The summed E-state index contributed by atoms with van der Waals surface area (Å²) < 4.78 is 3.89. The highest BCUT2D eigenvalue weighted by molar-refractivity contribution is 7.09. The second kappa shape index (κ2) is 8.79. The van der Waals surface area contributed by atoms with Crippen LogP contribution >= 0.6 is 23.1 Å². The number of rotatable bonds is 6. The Hall–Kier alpha value is -2.65. The van der Waals surface area contributed by atoms with E-state index in [9.17, 15) is 14.4 Å². The zero-order valence-electron chi connectivity index (χ0n) is 15.9. The molecule has 3 amide bonds. The maximum Gasteiger partial charge on any atom is 0.272 e. The van der Waals surface area contributed by atoms with Gasteiger partial charge in [0.2, 0.25) is 5.91 Å². The van der Waals surface area contributed by atoms with E-state index in [1.807, 2.05) is 0 Å². The number of amides is 3. The first-order chi connectivity index (χ1) is 13.8. The molecule has 1 aliphatic carbocycles. The van der Waals surface area contributed by atoms with Gasteiger partial charge < -0.3 is 16.8 Å². The number of nitrogen functional groups attached to an aromatic ring is 1. The molecular weight excluding hydrogens is 414 g/mol. The van der Waals surface area contributed by atoms with Gasteiger partial charge in [-0.15, -0.1) is 0 Å². The molecule has 0 saturated heterocycles. The van der Waals surface area contributed by atoms with Crippen LogP contribution in [-0.2, 0) is 4.79 Å². The van der Waals surface area contributed by atoms with Crippen LogP contribution in [0, 0.1) is 0 Å². The summed E-state index contributed by atoms with van der Waals surface area (Å²) in [4.78, 5) is 39.0. The Labute approximate surface area is 177 Å². The molecule has 3 rings (SSSR count). The van der Waals surface area contributed by atoms with Gasteiger partial charge in [-0.1, -0.05) is 24.4 Å². The number of carbonyl (C=O) groups is 3. The van der Waals surface area contributed by atoms with Gasteiger partial charge in [0.1, 0.15) is 10.9 Å². The monoisotopic (exact) mass is 435 g/mol. The molecule has 1 saturated carbocycles. The zero-order chi connectivity index (χ0) is 21.1. The minimum Gasteiger partial charge on any atom is -0.395 e. The van der Waals surface area contributed by atoms with Crippen molar-refractivity contribution >= 4 is 52.2 Å². The maximum atomic E-state index is 13.3. The Morgan fingerprint density at radius 3 is 2.41 bits per heavy atom. The van der Waals surface area contributed by atoms with Crippen molar-refractivity contribution in [1.82, 2.24) is 9.69 Å². The molecular formula is C19H22ClN5O3S. The highest BCUT2D eigenvalue weighted by Crippen LogP contribution is 2.28. The molecule has 1 aliphatic rings. The Morgan fingerprint density at radius 2 is 1.86 bits per heavy atom. The number of halogens is 1. The van der Waals surface area contributed by atoms with Gasteiger partial charge >= 0.3 is 0 Å². The van der Waals surface area contributed by atoms with Gasteiger partial charge in [0.15, 0.2) is 5.69 Å². The minimum absolute atomic E-state index is 0.0502. The van der Waals surface area contributed by atoms with Gasteiger partial charge in [-0.05, 0) is 55.6 Å². The first-order valence-electron chi connectivity index (χ1n) is 9.24. The molecule has 29 heavy (non-hydrogen) atoms. The van der Waals surface area contributed by atoms with Gasteiger partial charge in [-0.3, -0.25) is 19.3 Å². The molecule has 154 valence electrons. The van der Waals surface area contributed by atoms with Crippen molar-refractivity contribution in [2.45, 2.75) is 44.7 Å². The van der Waals surface area contributed by atoms with Crippen molar-refractivity contribution in [2.75, 3.05) is 10.6 Å². The Bertz CT molecular complexity index is 924. The van der Waals surface area contributed by atoms with Gasteiger partial charge in [0.25, 0.3) is 11.8 Å². The lowest BCUT2D eigenvalue weighted by Gasteiger charge is -2.29. The van der Waals surface area contributed by atoms with E-state index in [0.717, 1.165) is 37.2 Å². The quantitative estimate of drug-likeness (QED) is 0.641. The minimum atomic E-state index is -0.817. The third-order valence-electron chi connectivity index (χ3n) is 4.95. The van der Waals surface area contributed by atoms with Crippen LogP contribution in [-0.4, -0.2) is 34.2 Å². The largest absolute Gasteiger partial charge is 0.395 e. The van der Waals surface area contributed by atoms with Gasteiger partial charge in [-0.2, -0.15) is 4.37 Å². The molecule has 1 heterocycles. The van der Waals surface area contributed by atoms with E-state index in [1.54, 1.807) is 31.2 Å². The van der Waals surface area contributed by atoms with E-state index in [1.165, 1.54) is 4.90 Å². The highest BCUT2D eigenvalue weighted by Gasteiger charge is 2.33. The summed E-state index contributed by atoms with van der Waals surface area (Å²) in [5, 5.41) is 3.51. The number of nitrogens with zero attached hydrogens (tertiary/aromatic N) is 2. The molecule has 0 radical (unpaired) electrons. The Balaban J connectivity index is 1.94. The van der Waals surface area contributed by atoms with E-state index in [-0.39, 0.29) is 28.2 Å². The summed E-state index contributed by atoms with van der Waals surface area (Å²) in [6, 6.07) is 5.84. The SMILES string of the molecule is CC(C(=O)NC1CCCC1)N(C(=O)c1snc(C(N)=O)c1N)c1ccc(Cl)cc1. The first kappa shape index (κ1) is 21.1. The maximum absolute atomic E-state index is 13.3. The van der Waals surface area contributed by atoms with Crippen LogP contribution in [0.15, 0.2) is 24.3 Å². The number of hydrogen-bond acceptors (Lipinski definition) is 6. The van der Waals surface area contributed by atoms with Crippen LogP contribution in [0.4, 0.5) is 11.4 Å². The fourth-order valence-electron chi connectivity index (χ4n) is 3.37. The molecule has 2 aromatic rings. The van der Waals surface area contributed by atoms with Crippen molar-refractivity contribution < 1.29 is 14.4 Å². The second-order valence-electron chi connectivity index (χ2n) is 6.96. The summed E-state index contributed by atoms with van der Waals surface area (Å²) in [5.41, 5.74) is 11.4. The number of aromatic nitrogens is 1. The number of nitrogens with two attached hydrogens (primary N) is 2. The number of hydrogen-bond donors (Lipinski definition) is 3. The number of primary amides is 1. The lowest BCUT2D eigenvalue weighted by Crippen LogP contribution is -2.50. The Morgan fingerprint density at radius 1 is 1.24 bits per heavy atom. The van der Waals surface area contributed by atoms with Crippen molar-refractivity contribution in [3.05, 3.63) is 39.9 Å². The van der Waals surface area contributed by atoms with E-state index in [4.69, 9.17) is 23.1 Å². The molecule has 1 aromatic heterocycles. The zero-order valence-corrected chi connectivity index (χ0v) is 17.4. The third kappa shape index (κ3) is 4.51. The summed E-state index contributed by atoms with van der Waals surface area (Å²) in [6.07, 6.45) is 4.01. The average molecular weight is 436 g/mol. The van der Waals surface area contributed by atoms with Gasteiger partial charge in [0, 0.05) is 16.8 Å². The summed E-state index contributed by atoms with van der Waals surface area (Å²) in [6.45, 7) is 1.64. The van der Waals surface area contributed by atoms with Gasteiger partial charge in [0.05, 0.1) is 5.69 Å². The molecule has 0 aliphatic heterocycles. The topological polar surface area (TPSA) is 131 Å². The average Bonchev–Trinajstić information content (AvgIpc) is 3.32. The molecule has 1 fully saturated rings. The predicted octanol–water partition coefficient (Wildman–Crippen LogP) is 2.57. The molecule has 0 bridgehead atoms. The molecule has 1 unspecified atom stereocenters. The summed E-state index contributed by atoms with van der Waals surface area (Å²) in [5.74, 6) is -1.62. The van der Waals surface area contributed by atoms with Crippen LogP contribution in [0.3, 0.4) is 0 Å². The second-order valence-corrected chi connectivity index (χ2v) is 8.17. The van der Waals surface area contributed by atoms with Crippen molar-refractivity contribution in [2.24, 2.45) is 5.73 Å². The van der Waals surface area contributed by atoms with E-state index in [0.29, 0.717) is 10.7 Å². The molecule has 1 atom stereocenters. The number of carbonyl (C=O) groups excluding carboxylic acids is 3. The van der Waals surface area contributed by atoms with E-state index >= 15 is 0 Å². The van der Waals surface area contributed by atoms with E-state index in [2.05, 4.69) is 9.69 Å². The Kier molecular flexibility index (Phi) is 6.39. The van der Waals surface area contributed by atoms with Crippen molar-refractivity contribution in [1.29, 1.82) is 0 Å². The fraction of sp³-hybridized carbons (Fsp3) is 0.368. The van der Waals surface area contributed by atoms with Crippen molar-refractivity contribution in [3.8, 4) is 0 Å². The van der Waals surface area contributed by atoms with Crippen LogP contribution in [0.2, 0.25) is 5.02 Å². The highest BCUT2D eigenvalue weighted by atomic mass is 35.5. The summed E-state index contributed by atoms with van der Waals surface area (Å²) in [7, 11) is 0. The molecule has 8 nitrogen and oxygen atoms in total. The standard InChI is InChI=1S/C19H22ClN5O3S/c1-10(18(27)23-12-4-2-3-5-12)25(13-8-6-11(20)7-9-13)19(28)16-14(21)15(17(22)26)24-29-16/h6-10,12H,2-5,21H2,1H3,(H2,22,26)(H,23,27). The molecule has 1 aromatic carbocycles. The lowest BCUT2D eigenvalue weighted by atomic mass is 10.1. The number of anilines is 2. The lowest BCUT2D eigenvalue weighted by molar-refractivity contribution is -0.122. The van der Waals surface area contributed by atoms with Crippen LogP contribution < -0.4 is 21.7 Å². The molecule has 0 spiro atoms. The van der Waals surface area contributed by atoms with Crippen molar-refractivity contribution in [3.63, 3.8) is 0 Å². The smallest absolute Gasteiger partial charge is 0.272 e. The fourth-order valence-corrected chi connectivity index (χ4v) is 4.23. The van der Waals surface area contributed by atoms with Gasteiger partial charge in [-0.25, -0.2) is 0 Å². The van der Waals surface area contributed by atoms with Crippen LogP contribution in [0.25, 0.3) is 0 Å². The molecule has 5 N–H and O–H groups in total. The third-order valence-corrected chi connectivity index (χ3v) is 6.05.